The number of hydrogen-bond acceptors (Lipinski definition) is 6. The van der Waals surface area contributed by atoms with Crippen molar-refractivity contribution in [2.45, 2.75) is 30.4 Å². The number of aryl methyl sites for hydroxylation is 1. The first-order valence-corrected chi connectivity index (χ1v) is 9.61. The Balaban J connectivity index is 1.64. The molecule has 0 radical (unpaired) electrons. The quantitative estimate of drug-likeness (QED) is 0.799. The first-order chi connectivity index (χ1) is 12.2. The number of hydrogen-bond donors (Lipinski definition) is 1. The van der Waals surface area contributed by atoms with Crippen LogP contribution in [-0.2, 0) is 5.75 Å². The predicted octanol–water partition coefficient (Wildman–Crippen LogP) is 2.74. The molecule has 1 saturated heterocycles. The number of carbonyl (C=O) groups is 1. The lowest BCUT2D eigenvalue weighted by Crippen LogP contribution is -2.40. The van der Waals surface area contributed by atoms with Crippen LogP contribution in [0.3, 0.4) is 0 Å². The van der Waals surface area contributed by atoms with Gasteiger partial charge in [0.2, 0.25) is 5.89 Å². The van der Waals surface area contributed by atoms with E-state index in [-0.39, 0.29) is 5.91 Å². The average Bonchev–Trinajstić information content (AvgIpc) is 3.06. The normalized spacial score (nSPS) is 15.5. The fourth-order valence-electron chi connectivity index (χ4n) is 3.11. The Labute approximate surface area is 152 Å². The SMILES string of the molecule is CNCC1CCN(C(=O)c2ccccc2SCc2nc(C)no2)CC1. The molecule has 1 fully saturated rings. The summed E-state index contributed by atoms with van der Waals surface area (Å²) in [6.07, 6.45) is 2.12. The van der Waals surface area contributed by atoms with Gasteiger partial charge in [-0.3, -0.25) is 4.79 Å². The Morgan fingerprint density at radius 3 is 2.80 bits per heavy atom. The van der Waals surface area contributed by atoms with E-state index in [9.17, 15) is 4.79 Å². The molecule has 0 unspecified atom stereocenters. The Hall–Kier alpha value is -1.86. The van der Waals surface area contributed by atoms with E-state index in [2.05, 4.69) is 15.5 Å². The summed E-state index contributed by atoms with van der Waals surface area (Å²) in [5, 5.41) is 7.03. The zero-order chi connectivity index (χ0) is 17.6. The van der Waals surface area contributed by atoms with Crippen molar-refractivity contribution < 1.29 is 9.32 Å². The molecule has 2 heterocycles. The predicted molar refractivity (Wildman–Crippen MR) is 97.6 cm³/mol. The second kappa shape index (κ2) is 8.49. The Bertz CT molecular complexity index is 711. The highest BCUT2D eigenvalue weighted by Crippen LogP contribution is 2.28. The van der Waals surface area contributed by atoms with Gasteiger partial charge >= 0.3 is 0 Å². The number of aromatic nitrogens is 2. The molecule has 134 valence electrons. The van der Waals surface area contributed by atoms with Crippen LogP contribution in [0, 0.1) is 12.8 Å². The molecule has 1 aromatic carbocycles. The molecule has 0 atom stereocenters. The number of benzene rings is 1. The molecular weight excluding hydrogens is 336 g/mol. The largest absolute Gasteiger partial charge is 0.339 e. The van der Waals surface area contributed by atoms with Crippen LogP contribution in [0.2, 0.25) is 0 Å². The van der Waals surface area contributed by atoms with Crippen LogP contribution >= 0.6 is 11.8 Å². The molecule has 25 heavy (non-hydrogen) atoms. The Kier molecular flexibility index (Phi) is 6.09. The van der Waals surface area contributed by atoms with E-state index in [0.717, 1.165) is 42.9 Å². The molecule has 0 bridgehead atoms. The lowest BCUT2D eigenvalue weighted by atomic mass is 9.96. The summed E-state index contributed by atoms with van der Waals surface area (Å²) in [5.41, 5.74) is 0.760. The van der Waals surface area contributed by atoms with E-state index >= 15 is 0 Å². The Morgan fingerprint density at radius 1 is 1.36 bits per heavy atom. The number of carbonyl (C=O) groups excluding carboxylic acids is 1. The number of likely N-dealkylation sites (tertiary alicyclic amines) is 1. The Morgan fingerprint density at radius 2 is 2.12 bits per heavy atom. The van der Waals surface area contributed by atoms with Crippen LogP contribution in [0.25, 0.3) is 0 Å². The second-order valence-corrected chi connectivity index (χ2v) is 7.33. The molecule has 1 aromatic heterocycles. The van der Waals surface area contributed by atoms with Crippen molar-refractivity contribution in [2.75, 3.05) is 26.7 Å². The number of thioether (sulfide) groups is 1. The highest BCUT2D eigenvalue weighted by Gasteiger charge is 2.24. The molecule has 7 heteroatoms. The van der Waals surface area contributed by atoms with E-state index < -0.39 is 0 Å². The minimum atomic E-state index is 0.118. The smallest absolute Gasteiger partial charge is 0.254 e. The second-order valence-electron chi connectivity index (χ2n) is 6.31. The fraction of sp³-hybridized carbons (Fsp3) is 0.500. The number of piperidine rings is 1. The van der Waals surface area contributed by atoms with Gasteiger partial charge in [-0.05, 0) is 51.4 Å². The standard InChI is InChI=1S/C18H24N4O2S/c1-13-20-17(24-21-13)12-25-16-6-4-3-5-15(16)18(23)22-9-7-14(8-10-22)11-19-2/h3-6,14,19H,7-12H2,1-2H3. The van der Waals surface area contributed by atoms with Gasteiger partial charge in [0.05, 0.1) is 11.3 Å². The van der Waals surface area contributed by atoms with E-state index in [4.69, 9.17) is 4.52 Å². The maximum atomic E-state index is 12.9. The summed E-state index contributed by atoms with van der Waals surface area (Å²) in [7, 11) is 1.98. The van der Waals surface area contributed by atoms with E-state index in [1.165, 1.54) is 0 Å². The molecule has 3 rings (SSSR count). The molecule has 0 spiro atoms. The van der Waals surface area contributed by atoms with Crippen LogP contribution < -0.4 is 5.32 Å². The summed E-state index contributed by atoms with van der Waals surface area (Å²) >= 11 is 1.56. The van der Waals surface area contributed by atoms with Crippen molar-refractivity contribution in [3.8, 4) is 0 Å². The van der Waals surface area contributed by atoms with Crippen molar-refractivity contribution in [3.05, 3.63) is 41.5 Å². The van der Waals surface area contributed by atoms with Gasteiger partial charge in [-0.25, -0.2) is 0 Å². The van der Waals surface area contributed by atoms with Crippen molar-refractivity contribution in [1.29, 1.82) is 0 Å². The minimum absolute atomic E-state index is 0.118. The van der Waals surface area contributed by atoms with Gasteiger partial charge in [-0.15, -0.1) is 11.8 Å². The van der Waals surface area contributed by atoms with E-state index in [1.807, 2.05) is 36.2 Å². The van der Waals surface area contributed by atoms with Crippen molar-refractivity contribution in [1.82, 2.24) is 20.4 Å². The van der Waals surface area contributed by atoms with Crippen LogP contribution in [0.1, 0.15) is 34.9 Å². The summed E-state index contributed by atoms with van der Waals surface area (Å²) in [6, 6.07) is 7.76. The van der Waals surface area contributed by atoms with Crippen LogP contribution in [0.15, 0.2) is 33.7 Å². The first-order valence-electron chi connectivity index (χ1n) is 8.62. The first kappa shape index (κ1) is 17.9. The van der Waals surface area contributed by atoms with Gasteiger partial charge in [0.15, 0.2) is 5.82 Å². The lowest BCUT2D eigenvalue weighted by Gasteiger charge is -2.32. The van der Waals surface area contributed by atoms with Crippen molar-refractivity contribution >= 4 is 17.7 Å². The fourth-order valence-corrected chi connectivity index (χ4v) is 3.99. The van der Waals surface area contributed by atoms with Crippen LogP contribution in [-0.4, -0.2) is 47.6 Å². The third-order valence-electron chi connectivity index (χ3n) is 4.43. The molecule has 1 aliphatic rings. The third-order valence-corrected chi connectivity index (χ3v) is 5.49. The molecular formula is C18H24N4O2S. The van der Waals surface area contributed by atoms with Crippen molar-refractivity contribution in [2.24, 2.45) is 5.92 Å². The topological polar surface area (TPSA) is 71.3 Å². The van der Waals surface area contributed by atoms with Gasteiger partial charge in [-0.1, -0.05) is 17.3 Å². The molecule has 1 aliphatic heterocycles. The summed E-state index contributed by atoms with van der Waals surface area (Å²) < 4.78 is 5.15. The highest BCUT2D eigenvalue weighted by molar-refractivity contribution is 7.98. The maximum absolute atomic E-state index is 12.9. The number of amides is 1. The third kappa shape index (κ3) is 4.61. The molecule has 6 nitrogen and oxygen atoms in total. The van der Waals surface area contributed by atoms with Gasteiger partial charge in [0.1, 0.15) is 0 Å². The van der Waals surface area contributed by atoms with E-state index in [1.54, 1.807) is 18.7 Å². The molecule has 0 saturated carbocycles. The maximum Gasteiger partial charge on any atom is 0.254 e. The molecule has 0 aliphatic carbocycles. The highest BCUT2D eigenvalue weighted by atomic mass is 32.2. The minimum Gasteiger partial charge on any atom is -0.339 e. The zero-order valence-corrected chi connectivity index (χ0v) is 15.5. The van der Waals surface area contributed by atoms with Crippen LogP contribution in [0.5, 0.6) is 0 Å². The van der Waals surface area contributed by atoms with Gasteiger partial charge in [0, 0.05) is 18.0 Å². The molecule has 2 aromatic rings. The van der Waals surface area contributed by atoms with E-state index in [0.29, 0.717) is 23.4 Å². The summed E-state index contributed by atoms with van der Waals surface area (Å²) in [6.45, 7) is 4.48. The monoisotopic (exact) mass is 360 g/mol. The van der Waals surface area contributed by atoms with Gasteiger partial charge < -0.3 is 14.7 Å². The lowest BCUT2D eigenvalue weighted by molar-refractivity contribution is 0.0687. The summed E-state index contributed by atoms with van der Waals surface area (Å²) in [5.74, 6) is 2.56. The molecule has 1 N–H and O–H groups in total. The zero-order valence-electron chi connectivity index (χ0n) is 14.7. The van der Waals surface area contributed by atoms with Gasteiger partial charge in [0.25, 0.3) is 5.91 Å². The number of nitrogens with one attached hydrogen (secondary N) is 1. The summed E-state index contributed by atoms with van der Waals surface area (Å²) in [4.78, 5) is 20.1. The number of nitrogens with zero attached hydrogens (tertiary/aromatic N) is 3. The van der Waals surface area contributed by atoms with Crippen molar-refractivity contribution in [3.63, 3.8) is 0 Å². The molecule has 1 amide bonds. The van der Waals surface area contributed by atoms with Gasteiger partial charge in [-0.2, -0.15) is 4.98 Å². The van der Waals surface area contributed by atoms with Crippen LogP contribution in [0.4, 0.5) is 0 Å². The number of rotatable bonds is 6. The average molecular weight is 360 g/mol.